The third kappa shape index (κ3) is 8.83. The lowest BCUT2D eigenvalue weighted by Gasteiger charge is -2.31. The van der Waals surface area contributed by atoms with E-state index in [-0.39, 0.29) is 37.8 Å². The predicted molar refractivity (Wildman–Crippen MR) is 148 cm³/mol. The summed E-state index contributed by atoms with van der Waals surface area (Å²) < 4.78 is 46.3. The van der Waals surface area contributed by atoms with Gasteiger partial charge in [-0.1, -0.05) is 19.1 Å². The van der Waals surface area contributed by atoms with E-state index in [0.29, 0.717) is 25.9 Å². The number of pyridine rings is 1. The molecule has 9 nitrogen and oxygen atoms in total. The fraction of sp³-hybridized carbons (Fsp3) is 0.517. The van der Waals surface area contributed by atoms with Gasteiger partial charge in [0.05, 0.1) is 24.3 Å². The van der Waals surface area contributed by atoms with Gasteiger partial charge in [-0.3, -0.25) is 14.6 Å². The van der Waals surface area contributed by atoms with E-state index in [1.807, 2.05) is 25.1 Å². The number of aromatic nitrogens is 1. The highest BCUT2D eigenvalue weighted by Crippen LogP contribution is 2.31. The van der Waals surface area contributed by atoms with Crippen LogP contribution >= 0.6 is 0 Å². The molecule has 0 aliphatic carbocycles. The number of rotatable bonds is 9. The molecule has 2 aromatic rings. The fourth-order valence-electron chi connectivity index (χ4n) is 4.49. The van der Waals surface area contributed by atoms with Gasteiger partial charge in [0.2, 0.25) is 11.8 Å². The normalized spacial score (nSPS) is 13.3. The molecule has 1 aliphatic rings. The molecule has 2 heterocycles. The maximum absolute atomic E-state index is 13.7. The molecule has 1 N–H and O–H groups in total. The van der Waals surface area contributed by atoms with E-state index in [9.17, 15) is 27.6 Å². The molecule has 3 amide bonds. The number of carbonyl (C=O) groups excluding carboxylic acids is 3. The van der Waals surface area contributed by atoms with Crippen LogP contribution in [0.25, 0.3) is 0 Å². The Labute approximate surface area is 238 Å². The predicted octanol–water partition coefficient (Wildman–Crippen LogP) is 4.70. The quantitative estimate of drug-likeness (QED) is 0.464. The van der Waals surface area contributed by atoms with Crippen LogP contribution in [0.1, 0.15) is 56.5 Å². The number of nitrogens with one attached hydrogen (secondary N) is 1. The monoisotopic (exact) mass is 577 g/mol. The van der Waals surface area contributed by atoms with Gasteiger partial charge in [-0.2, -0.15) is 13.2 Å². The fourth-order valence-corrected chi connectivity index (χ4v) is 4.49. The zero-order chi connectivity index (χ0) is 30.4. The zero-order valence-corrected chi connectivity index (χ0v) is 24.2. The van der Waals surface area contributed by atoms with E-state index in [1.54, 1.807) is 25.7 Å². The van der Waals surface area contributed by atoms with E-state index in [1.165, 1.54) is 29.1 Å². The molecule has 0 radical (unpaired) electrons. The summed E-state index contributed by atoms with van der Waals surface area (Å²) in [4.78, 5) is 46.2. The first-order chi connectivity index (χ1) is 19.2. The van der Waals surface area contributed by atoms with Crippen molar-refractivity contribution in [2.45, 2.75) is 65.4 Å². The summed E-state index contributed by atoms with van der Waals surface area (Å²) >= 11 is 0. The number of amides is 3. The van der Waals surface area contributed by atoms with E-state index < -0.39 is 29.3 Å². The van der Waals surface area contributed by atoms with Crippen molar-refractivity contribution >= 4 is 23.6 Å². The number of alkyl halides is 3. The molecule has 1 aromatic carbocycles. The van der Waals surface area contributed by atoms with Crippen LogP contribution in [0.4, 0.5) is 23.7 Å². The van der Waals surface area contributed by atoms with Gasteiger partial charge in [0.1, 0.15) is 5.60 Å². The number of ether oxygens (including phenoxy) is 1. The second kappa shape index (κ2) is 13.2. The van der Waals surface area contributed by atoms with Crippen molar-refractivity contribution in [2.75, 3.05) is 38.5 Å². The Kier molecular flexibility index (Phi) is 10.2. The summed E-state index contributed by atoms with van der Waals surface area (Å²) in [5.74, 6) is -0.388. The van der Waals surface area contributed by atoms with Crippen molar-refractivity contribution in [1.29, 1.82) is 0 Å². The van der Waals surface area contributed by atoms with E-state index >= 15 is 0 Å². The molecule has 0 fully saturated rings. The van der Waals surface area contributed by atoms with E-state index in [0.717, 1.165) is 22.9 Å². The molecule has 1 aliphatic heterocycles. The Bertz CT molecular complexity index is 1250. The second-order valence-electron chi connectivity index (χ2n) is 10.9. The summed E-state index contributed by atoms with van der Waals surface area (Å²) in [6, 6.07) is 7.74. The van der Waals surface area contributed by atoms with Crippen LogP contribution in [0.15, 0.2) is 36.5 Å². The molecule has 12 heteroatoms. The van der Waals surface area contributed by atoms with Crippen molar-refractivity contribution in [3.63, 3.8) is 0 Å². The first-order valence-electron chi connectivity index (χ1n) is 13.5. The Balaban J connectivity index is 1.77. The molecule has 3 rings (SSSR count). The van der Waals surface area contributed by atoms with Crippen LogP contribution in [0, 0.1) is 0 Å². The number of anilines is 1. The minimum absolute atomic E-state index is 0.0366. The molecular formula is C29H38F3N5O4. The van der Waals surface area contributed by atoms with Gasteiger partial charge in [-0.25, -0.2) is 4.79 Å². The standard InChI is InChI=1S/C29H38F3N5O4/c1-6-25(38)36-14-12-21-20(18-36)9-7-11-23(21)34-17-26(39)37(16-15-35(5)27(40)41-28(2,3)4)19-24-22(29(30,31)32)10-8-13-33-24/h7-11,13,34H,6,12,14-19H2,1-5H3. The smallest absolute Gasteiger partial charge is 0.418 e. The van der Waals surface area contributed by atoms with Crippen molar-refractivity contribution in [2.24, 2.45) is 0 Å². The van der Waals surface area contributed by atoms with Gasteiger partial charge in [0, 0.05) is 51.5 Å². The number of halogens is 3. The molecular weight excluding hydrogens is 539 g/mol. The summed E-state index contributed by atoms with van der Waals surface area (Å²) in [6.07, 6.45) is -2.96. The first kappa shape index (κ1) is 31.7. The number of carbonyl (C=O) groups is 3. The molecule has 0 bridgehead atoms. The summed E-state index contributed by atoms with van der Waals surface area (Å²) in [5.41, 5.74) is 0.783. The zero-order valence-electron chi connectivity index (χ0n) is 24.2. The SMILES string of the molecule is CCC(=O)N1CCc2c(cccc2NCC(=O)N(CCN(C)C(=O)OC(C)(C)C)Cc2ncccc2C(F)(F)F)C1. The molecule has 0 unspecified atom stereocenters. The summed E-state index contributed by atoms with van der Waals surface area (Å²) in [7, 11) is 1.50. The third-order valence-corrected chi connectivity index (χ3v) is 6.65. The van der Waals surface area contributed by atoms with Gasteiger partial charge < -0.3 is 24.8 Å². The number of likely N-dealkylation sites (N-methyl/N-ethyl adjacent to an activating group) is 1. The highest BCUT2D eigenvalue weighted by molar-refractivity contribution is 5.81. The Morgan fingerprint density at radius 1 is 1.10 bits per heavy atom. The van der Waals surface area contributed by atoms with Crippen molar-refractivity contribution < 1.29 is 32.3 Å². The number of benzene rings is 1. The molecule has 0 atom stereocenters. The van der Waals surface area contributed by atoms with Crippen LogP contribution in [0.3, 0.4) is 0 Å². The van der Waals surface area contributed by atoms with Gasteiger partial charge in [0.25, 0.3) is 0 Å². The topological polar surface area (TPSA) is 95.1 Å². The van der Waals surface area contributed by atoms with Crippen molar-refractivity contribution in [3.8, 4) is 0 Å². The molecule has 1 aromatic heterocycles. The Hall–Kier alpha value is -3.83. The molecule has 41 heavy (non-hydrogen) atoms. The van der Waals surface area contributed by atoms with Crippen molar-refractivity contribution in [3.05, 3.63) is 58.9 Å². The number of hydrogen-bond donors (Lipinski definition) is 1. The van der Waals surface area contributed by atoms with Crippen LogP contribution in [0.2, 0.25) is 0 Å². The average molecular weight is 578 g/mol. The van der Waals surface area contributed by atoms with Crippen molar-refractivity contribution in [1.82, 2.24) is 19.7 Å². The lowest BCUT2D eigenvalue weighted by molar-refractivity contribution is -0.140. The molecule has 0 spiro atoms. The third-order valence-electron chi connectivity index (χ3n) is 6.65. The summed E-state index contributed by atoms with van der Waals surface area (Å²) in [5, 5.41) is 3.14. The minimum atomic E-state index is -4.64. The number of nitrogens with zero attached hydrogens (tertiary/aromatic N) is 4. The van der Waals surface area contributed by atoms with Crippen LogP contribution < -0.4 is 5.32 Å². The summed E-state index contributed by atoms with van der Waals surface area (Å²) in [6.45, 7) is 7.47. The largest absolute Gasteiger partial charge is 0.444 e. The van der Waals surface area contributed by atoms with E-state index in [2.05, 4.69) is 10.3 Å². The first-order valence-corrected chi connectivity index (χ1v) is 13.5. The van der Waals surface area contributed by atoms with Crippen LogP contribution in [0.5, 0.6) is 0 Å². The molecule has 224 valence electrons. The molecule has 0 saturated carbocycles. The van der Waals surface area contributed by atoms with Gasteiger partial charge >= 0.3 is 12.3 Å². The lowest BCUT2D eigenvalue weighted by Crippen LogP contribution is -2.43. The number of hydrogen-bond acceptors (Lipinski definition) is 6. The highest BCUT2D eigenvalue weighted by Gasteiger charge is 2.35. The average Bonchev–Trinajstić information content (AvgIpc) is 2.91. The van der Waals surface area contributed by atoms with E-state index in [4.69, 9.17) is 4.74 Å². The maximum atomic E-state index is 13.7. The van der Waals surface area contributed by atoms with Gasteiger partial charge in [0.15, 0.2) is 0 Å². The Morgan fingerprint density at radius 2 is 1.83 bits per heavy atom. The van der Waals surface area contributed by atoms with Gasteiger partial charge in [-0.05, 0) is 56.5 Å². The van der Waals surface area contributed by atoms with Gasteiger partial charge in [-0.15, -0.1) is 0 Å². The maximum Gasteiger partial charge on any atom is 0.418 e. The second-order valence-corrected chi connectivity index (χ2v) is 10.9. The Morgan fingerprint density at radius 3 is 2.49 bits per heavy atom. The minimum Gasteiger partial charge on any atom is -0.444 e. The van der Waals surface area contributed by atoms with Crippen LogP contribution in [-0.4, -0.2) is 76.4 Å². The van der Waals surface area contributed by atoms with Crippen LogP contribution in [-0.2, 0) is 40.0 Å². The lowest BCUT2D eigenvalue weighted by atomic mass is 9.97. The molecule has 0 saturated heterocycles. The number of fused-ring (bicyclic) bond motifs is 1. The highest BCUT2D eigenvalue weighted by atomic mass is 19.4.